The first-order chi connectivity index (χ1) is 15.4. The van der Waals surface area contributed by atoms with Gasteiger partial charge in [-0.3, -0.25) is 0 Å². The summed E-state index contributed by atoms with van der Waals surface area (Å²) in [6, 6.07) is 24.5. The minimum atomic E-state index is -1.01. The number of hydrogen-bond donors (Lipinski definition) is 2. The van der Waals surface area contributed by atoms with Gasteiger partial charge in [0, 0.05) is 16.1 Å². The number of halogens is 1. The first-order valence-electron chi connectivity index (χ1n) is 11.1. The van der Waals surface area contributed by atoms with Gasteiger partial charge in [-0.15, -0.1) is 0 Å². The maximum absolute atomic E-state index is 12.5. The van der Waals surface area contributed by atoms with Crippen LogP contribution in [-0.4, -0.2) is 16.6 Å². The van der Waals surface area contributed by atoms with E-state index in [4.69, 9.17) is 11.6 Å². The van der Waals surface area contributed by atoms with E-state index in [0.29, 0.717) is 17.9 Å². The molecular formula is C28H26ClNO2. The van der Waals surface area contributed by atoms with Gasteiger partial charge in [-0.05, 0) is 79.1 Å². The van der Waals surface area contributed by atoms with Gasteiger partial charge in [0.15, 0.2) is 0 Å². The van der Waals surface area contributed by atoms with Crippen molar-refractivity contribution in [1.82, 2.24) is 0 Å². The summed E-state index contributed by atoms with van der Waals surface area (Å²) in [7, 11) is 0. The number of anilines is 1. The van der Waals surface area contributed by atoms with Crippen molar-refractivity contribution in [3.8, 4) is 0 Å². The van der Waals surface area contributed by atoms with Crippen LogP contribution in [0.1, 0.15) is 47.9 Å². The molecule has 1 fully saturated rings. The lowest BCUT2D eigenvalue weighted by molar-refractivity contribution is -0.143. The van der Waals surface area contributed by atoms with Gasteiger partial charge in [0.2, 0.25) is 0 Å². The summed E-state index contributed by atoms with van der Waals surface area (Å²) in [5, 5.41) is 14.2. The average Bonchev–Trinajstić information content (AvgIpc) is 3.10. The van der Waals surface area contributed by atoms with E-state index in [-0.39, 0.29) is 5.41 Å². The van der Waals surface area contributed by atoms with Crippen LogP contribution < -0.4 is 5.32 Å². The lowest BCUT2D eigenvalue weighted by Crippen LogP contribution is -2.52. The molecule has 2 N–H and O–H groups in total. The van der Waals surface area contributed by atoms with Gasteiger partial charge in [-0.2, -0.15) is 0 Å². The molecule has 32 heavy (non-hydrogen) atoms. The summed E-state index contributed by atoms with van der Waals surface area (Å²) in [6.07, 6.45) is 4.91. The number of aliphatic carboxylic acids is 1. The number of allylic oxidation sites excluding steroid dienone is 1. The molecule has 0 amide bonds. The zero-order valence-corrected chi connectivity index (χ0v) is 18.8. The van der Waals surface area contributed by atoms with Crippen molar-refractivity contribution in [3.05, 3.63) is 100 Å². The van der Waals surface area contributed by atoms with Crippen LogP contribution in [0.25, 0.3) is 11.6 Å². The normalized spacial score (nSPS) is 24.1. The zero-order chi connectivity index (χ0) is 22.3. The zero-order valence-electron chi connectivity index (χ0n) is 18.1. The molecule has 0 radical (unpaired) electrons. The molecule has 3 aromatic carbocycles. The van der Waals surface area contributed by atoms with E-state index >= 15 is 0 Å². The largest absolute Gasteiger partial charge is 0.480 e. The highest BCUT2D eigenvalue weighted by molar-refractivity contribution is 6.30. The summed E-state index contributed by atoms with van der Waals surface area (Å²) in [6.45, 7) is 2.12. The Morgan fingerprint density at radius 3 is 2.41 bits per heavy atom. The van der Waals surface area contributed by atoms with Crippen LogP contribution in [0.4, 0.5) is 5.69 Å². The highest BCUT2D eigenvalue weighted by Crippen LogP contribution is 2.56. The quantitative estimate of drug-likeness (QED) is 0.458. The number of carbonyl (C=O) groups is 1. The Bertz CT molecular complexity index is 1220. The number of fused-ring (bicyclic) bond motifs is 2. The van der Waals surface area contributed by atoms with Gasteiger partial charge in [0.25, 0.3) is 0 Å². The Morgan fingerprint density at radius 2 is 1.69 bits per heavy atom. The van der Waals surface area contributed by atoms with Crippen LogP contribution in [-0.2, 0) is 10.2 Å². The van der Waals surface area contributed by atoms with Gasteiger partial charge in [-0.1, -0.05) is 71.8 Å². The number of rotatable bonds is 4. The fourth-order valence-corrected chi connectivity index (χ4v) is 5.74. The second-order valence-electron chi connectivity index (χ2n) is 9.12. The number of carboxylic acid groups (broad SMARTS) is 1. The van der Waals surface area contributed by atoms with Crippen LogP contribution in [0.3, 0.4) is 0 Å². The number of hydrogen-bond acceptors (Lipinski definition) is 2. The summed E-state index contributed by atoms with van der Waals surface area (Å²) in [5.74, 6) is -0.806. The van der Waals surface area contributed by atoms with Crippen molar-refractivity contribution in [2.45, 2.75) is 43.6 Å². The van der Waals surface area contributed by atoms with Crippen molar-refractivity contribution >= 4 is 34.9 Å². The summed E-state index contributed by atoms with van der Waals surface area (Å²) in [5.41, 5.74) is 5.90. The van der Waals surface area contributed by atoms with E-state index in [2.05, 4.69) is 66.8 Å². The Labute approximate surface area is 193 Å². The highest BCUT2D eigenvalue weighted by atomic mass is 35.5. The molecule has 4 heteroatoms. The predicted octanol–water partition coefficient (Wildman–Crippen LogP) is 6.95. The molecule has 3 aromatic rings. The molecule has 0 aliphatic heterocycles. The standard InChI is InChI=1S/C28H26ClNO2/c1-19-6-4-8-20(16-19)25-17-21-7-2-3-11-24(21)27(25)12-14-28(15-13-27,26(31)32)30-23-10-5-9-22(29)18-23/h2-11,16-18,30H,12-15H2,1H3,(H,31,32). The number of benzene rings is 3. The smallest absolute Gasteiger partial charge is 0.329 e. The molecule has 0 saturated heterocycles. The van der Waals surface area contributed by atoms with E-state index in [1.54, 1.807) is 12.1 Å². The summed E-state index contributed by atoms with van der Waals surface area (Å²) >= 11 is 6.15. The van der Waals surface area contributed by atoms with Crippen LogP contribution in [0.2, 0.25) is 5.02 Å². The van der Waals surface area contributed by atoms with Crippen LogP contribution in [0, 0.1) is 6.92 Å². The van der Waals surface area contributed by atoms with Crippen LogP contribution in [0.15, 0.2) is 72.8 Å². The topological polar surface area (TPSA) is 49.3 Å². The van der Waals surface area contributed by atoms with Crippen molar-refractivity contribution in [2.24, 2.45) is 0 Å². The molecule has 0 heterocycles. The second-order valence-corrected chi connectivity index (χ2v) is 9.56. The van der Waals surface area contributed by atoms with E-state index in [9.17, 15) is 9.90 Å². The molecule has 2 aliphatic rings. The number of carboxylic acids is 1. The minimum absolute atomic E-state index is 0.167. The third-order valence-electron chi connectivity index (χ3n) is 7.20. The third-order valence-corrected chi connectivity index (χ3v) is 7.43. The molecule has 3 nitrogen and oxygen atoms in total. The first-order valence-corrected chi connectivity index (χ1v) is 11.5. The fraction of sp³-hybridized carbons (Fsp3) is 0.250. The molecule has 5 rings (SSSR count). The van der Waals surface area contributed by atoms with E-state index in [0.717, 1.165) is 18.5 Å². The molecule has 162 valence electrons. The molecule has 0 unspecified atom stereocenters. The molecule has 1 saturated carbocycles. The van der Waals surface area contributed by atoms with Gasteiger partial charge in [0.05, 0.1) is 0 Å². The van der Waals surface area contributed by atoms with Crippen molar-refractivity contribution < 1.29 is 9.90 Å². The van der Waals surface area contributed by atoms with Crippen LogP contribution >= 0.6 is 11.6 Å². The predicted molar refractivity (Wildman–Crippen MR) is 131 cm³/mol. The second kappa shape index (κ2) is 7.83. The lowest BCUT2D eigenvalue weighted by Gasteiger charge is -2.45. The number of nitrogens with one attached hydrogen (secondary N) is 1. The maximum atomic E-state index is 12.5. The third kappa shape index (κ3) is 3.41. The SMILES string of the molecule is Cc1cccc(C2=Cc3ccccc3C23CCC(Nc2cccc(Cl)c2)(C(=O)O)CC3)c1. The average molecular weight is 444 g/mol. The Morgan fingerprint density at radius 1 is 0.938 bits per heavy atom. The Hall–Kier alpha value is -3.04. The van der Waals surface area contributed by atoms with Gasteiger partial charge < -0.3 is 10.4 Å². The highest BCUT2D eigenvalue weighted by Gasteiger charge is 2.51. The molecular weight excluding hydrogens is 418 g/mol. The van der Waals surface area contributed by atoms with Gasteiger partial charge in [-0.25, -0.2) is 4.79 Å². The van der Waals surface area contributed by atoms with E-state index in [1.165, 1.54) is 27.8 Å². The molecule has 0 bridgehead atoms. The molecule has 0 aromatic heterocycles. The number of aryl methyl sites for hydroxylation is 1. The van der Waals surface area contributed by atoms with Crippen LogP contribution in [0.5, 0.6) is 0 Å². The summed E-state index contributed by atoms with van der Waals surface area (Å²) in [4.78, 5) is 12.5. The van der Waals surface area contributed by atoms with Crippen molar-refractivity contribution in [3.63, 3.8) is 0 Å². The van der Waals surface area contributed by atoms with Gasteiger partial charge in [0.1, 0.15) is 5.54 Å². The summed E-state index contributed by atoms with van der Waals surface area (Å²) < 4.78 is 0. The van der Waals surface area contributed by atoms with Crippen molar-refractivity contribution in [1.29, 1.82) is 0 Å². The lowest BCUT2D eigenvalue weighted by atomic mass is 9.61. The monoisotopic (exact) mass is 443 g/mol. The first kappa shape index (κ1) is 20.8. The van der Waals surface area contributed by atoms with Crippen molar-refractivity contribution in [2.75, 3.05) is 5.32 Å². The van der Waals surface area contributed by atoms with Gasteiger partial charge >= 0.3 is 5.97 Å². The van der Waals surface area contributed by atoms with E-state index in [1.807, 2.05) is 12.1 Å². The Kier molecular flexibility index (Phi) is 5.10. The molecule has 2 aliphatic carbocycles. The Balaban J connectivity index is 1.52. The fourth-order valence-electron chi connectivity index (χ4n) is 5.55. The molecule has 0 atom stereocenters. The van der Waals surface area contributed by atoms with E-state index < -0.39 is 11.5 Å². The maximum Gasteiger partial charge on any atom is 0.329 e. The minimum Gasteiger partial charge on any atom is -0.480 e. The molecule has 1 spiro atoms.